The first kappa shape index (κ1) is 18.4. The van der Waals surface area contributed by atoms with E-state index in [-0.39, 0.29) is 11.8 Å². The lowest BCUT2D eigenvalue weighted by atomic mass is 10.1. The van der Waals surface area contributed by atoms with Crippen LogP contribution in [0.4, 0.5) is 9.18 Å². The number of hydrogen-bond acceptors (Lipinski definition) is 2. The molecule has 0 spiro atoms. The molecule has 1 aliphatic rings. The fourth-order valence-electron chi connectivity index (χ4n) is 3.22. The molecule has 138 valence electrons. The van der Waals surface area contributed by atoms with E-state index < -0.39 is 0 Å². The summed E-state index contributed by atoms with van der Waals surface area (Å²) in [6, 6.07) is 16.7. The van der Waals surface area contributed by atoms with Crippen molar-refractivity contribution < 1.29 is 9.18 Å². The fraction of sp³-hybridized carbons (Fsp3) is 0.381. The molecule has 0 atom stereocenters. The number of nitrogens with one attached hydrogen (secondary N) is 1. The highest BCUT2D eigenvalue weighted by atomic mass is 19.1. The lowest BCUT2D eigenvalue weighted by Gasteiger charge is -2.34. The van der Waals surface area contributed by atoms with Gasteiger partial charge in [-0.2, -0.15) is 0 Å². The molecule has 1 saturated heterocycles. The third-order valence-corrected chi connectivity index (χ3v) is 4.80. The Hall–Kier alpha value is -2.40. The molecule has 1 aliphatic heterocycles. The van der Waals surface area contributed by atoms with E-state index in [4.69, 9.17) is 0 Å². The van der Waals surface area contributed by atoms with Crippen LogP contribution in [0.25, 0.3) is 0 Å². The summed E-state index contributed by atoms with van der Waals surface area (Å²) in [5.41, 5.74) is 2.28. The quantitative estimate of drug-likeness (QED) is 0.863. The van der Waals surface area contributed by atoms with Crippen molar-refractivity contribution in [2.24, 2.45) is 0 Å². The summed E-state index contributed by atoms with van der Waals surface area (Å²) in [7, 11) is 0. The summed E-state index contributed by atoms with van der Waals surface area (Å²) in [6.45, 7) is 4.83. The molecule has 2 amide bonds. The van der Waals surface area contributed by atoms with Gasteiger partial charge < -0.3 is 10.2 Å². The number of benzene rings is 2. The Morgan fingerprint density at radius 1 is 0.923 bits per heavy atom. The van der Waals surface area contributed by atoms with Gasteiger partial charge in [-0.3, -0.25) is 4.90 Å². The highest BCUT2D eigenvalue weighted by Gasteiger charge is 2.20. The Bertz CT molecular complexity index is 682. The predicted molar refractivity (Wildman–Crippen MR) is 101 cm³/mol. The van der Waals surface area contributed by atoms with Crippen LogP contribution >= 0.6 is 0 Å². The van der Waals surface area contributed by atoms with Gasteiger partial charge in [-0.1, -0.05) is 42.5 Å². The van der Waals surface area contributed by atoms with Gasteiger partial charge in [-0.15, -0.1) is 0 Å². The van der Waals surface area contributed by atoms with Crippen LogP contribution in [-0.2, 0) is 13.0 Å². The predicted octanol–water partition coefficient (Wildman–Crippen LogP) is 3.29. The number of halogens is 1. The summed E-state index contributed by atoms with van der Waals surface area (Å²) in [5.74, 6) is -0.261. The molecule has 0 aliphatic carbocycles. The van der Waals surface area contributed by atoms with Crippen LogP contribution in [0.1, 0.15) is 17.5 Å². The number of carbonyl (C=O) groups excluding carboxylic acids is 1. The van der Waals surface area contributed by atoms with Crippen LogP contribution in [-0.4, -0.2) is 48.6 Å². The Morgan fingerprint density at radius 2 is 1.62 bits per heavy atom. The van der Waals surface area contributed by atoms with Gasteiger partial charge in [0.15, 0.2) is 0 Å². The SMILES string of the molecule is O=C(NCc1ccc(F)cc1)N1CCN(CCCc2ccccc2)CC1. The Kier molecular flexibility index (Phi) is 6.61. The van der Waals surface area contributed by atoms with E-state index in [1.54, 1.807) is 12.1 Å². The number of urea groups is 1. The molecule has 0 unspecified atom stereocenters. The molecule has 1 fully saturated rings. The molecule has 3 rings (SSSR count). The van der Waals surface area contributed by atoms with Crippen molar-refractivity contribution >= 4 is 6.03 Å². The van der Waals surface area contributed by atoms with Crippen molar-refractivity contribution in [2.75, 3.05) is 32.7 Å². The number of carbonyl (C=O) groups is 1. The summed E-state index contributed by atoms with van der Waals surface area (Å²) >= 11 is 0. The van der Waals surface area contributed by atoms with Gasteiger partial charge in [0.05, 0.1) is 0 Å². The number of nitrogens with zero attached hydrogens (tertiary/aromatic N) is 2. The van der Waals surface area contributed by atoms with Gasteiger partial charge in [0.25, 0.3) is 0 Å². The summed E-state index contributed by atoms with van der Waals surface area (Å²) in [6.07, 6.45) is 2.24. The fourth-order valence-corrected chi connectivity index (χ4v) is 3.22. The molecule has 2 aromatic carbocycles. The zero-order valence-corrected chi connectivity index (χ0v) is 15.0. The lowest BCUT2D eigenvalue weighted by Crippen LogP contribution is -2.51. The molecule has 4 nitrogen and oxygen atoms in total. The number of piperazine rings is 1. The second-order valence-electron chi connectivity index (χ2n) is 6.70. The van der Waals surface area contributed by atoms with Crippen molar-refractivity contribution in [3.63, 3.8) is 0 Å². The van der Waals surface area contributed by atoms with Crippen LogP contribution < -0.4 is 5.32 Å². The summed E-state index contributed by atoms with van der Waals surface area (Å²) in [5, 5.41) is 2.91. The molecule has 2 aromatic rings. The monoisotopic (exact) mass is 355 g/mol. The van der Waals surface area contributed by atoms with E-state index in [2.05, 4.69) is 34.5 Å². The van der Waals surface area contributed by atoms with Crippen LogP contribution in [0, 0.1) is 5.82 Å². The van der Waals surface area contributed by atoms with E-state index in [0.717, 1.165) is 51.1 Å². The molecule has 0 aromatic heterocycles. The zero-order chi connectivity index (χ0) is 18.2. The molecule has 0 bridgehead atoms. The van der Waals surface area contributed by atoms with Crippen LogP contribution in [0.5, 0.6) is 0 Å². The van der Waals surface area contributed by atoms with Gasteiger partial charge in [0.1, 0.15) is 5.82 Å². The van der Waals surface area contributed by atoms with Gasteiger partial charge in [-0.05, 0) is 42.6 Å². The van der Waals surface area contributed by atoms with Gasteiger partial charge in [0, 0.05) is 32.7 Å². The van der Waals surface area contributed by atoms with E-state index in [9.17, 15) is 9.18 Å². The van der Waals surface area contributed by atoms with E-state index in [1.165, 1.54) is 17.7 Å². The Labute approximate surface area is 154 Å². The zero-order valence-electron chi connectivity index (χ0n) is 15.0. The second kappa shape index (κ2) is 9.34. The van der Waals surface area contributed by atoms with Crippen molar-refractivity contribution in [1.29, 1.82) is 0 Å². The summed E-state index contributed by atoms with van der Waals surface area (Å²) in [4.78, 5) is 16.5. The maximum absolute atomic E-state index is 12.9. The van der Waals surface area contributed by atoms with Crippen molar-refractivity contribution in [3.05, 3.63) is 71.5 Å². The van der Waals surface area contributed by atoms with Crippen molar-refractivity contribution in [2.45, 2.75) is 19.4 Å². The lowest BCUT2D eigenvalue weighted by molar-refractivity contribution is 0.138. The smallest absolute Gasteiger partial charge is 0.317 e. The minimum absolute atomic E-state index is 0.0433. The molecular formula is C21H26FN3O. The van der Waals surface area contributed by atoms with E-state index in [0.29, 0.717) is 6.54 Å². The van der Waals surface area contributed by atoms with Gasteiger partial charge in [-0.25, -0.2) is 9.18 Å². The first-order chi connectivity index (χ1) is 12.7. The average molecular weight is 355 g/mol. The van der Waals surface area contributed by atoms with Crippen LogP contribution in [0.15, 0.2) is 54.6 Å². The van der Waals surface area contributed by atoms with Gasteiger partial charge in [0.2, 0.25) is 0 Å². The van der Waals surface area contributed by atoms with Crippen molar-refractivity contribution in [3.8, 4) is 0 Å². The Balaban J connectivity index is 1.33. The first-order valence-corrected chi connectivity index (χ1v) is 9.24. The maximum atomic E-state index is 12.9. The molecule has 1 heterocycles. The largest absolute Gasteiger partial charge is 0.334 e. The number of amides is 2. The average Bonchev–Trinajstić information content (AvgIpc) is 2.69. The minimum atomic E-state index is -0.261. The Morgan fingerprint density at radius 3 is 2.31 bits per heavy atom. The second-order valence-corrected chi connectivity index (χ2v) is 6.70. The highest BCUT2D eigenvalue weighted by Crippen LogP contribution is 2.07. The minimum Gasteiger partial charge on any atom is -0.334 e. The highest BCUT2D eigenvalue weighted by molar-refractivity contribution is 5.74. The number of aryl methyl sites for hydroxylation is 1. The maximum Gasteiger partial charge on any atom is 0.317 e. The molecule has 0 saturated carbocycles. The van der Waals surface area contributed by atoms with Crippen molar-refractivity contribution in [1.82, 2.24) is 15.1 Å². The summed E-state index contributed by atoms with van der Waals surface area (Å²) < 4.78 is 12.9. The van der Waals surface area contributed by atoms with E-state index in [1.807, 2.05) is 11.0 Å². The molecule has 1 N–H and O–H groups in total. The third-order valence-electron chi connectivity index (χ3n) is 4.80. The van der Waals surface area contributed by atoms with Gasteiger partial charge >= 0.3 is 6.03 Å². The topological polar surface area (TPSA) is 35.6 Å². The molecule has 0 radical (unpaired) electrons. The van der Waals surface area contributed by atoms with E-state index >= 15 is 0 Å². The molecular weight excluding hydrogens is 329 g/mol. The number of hydrogen-bond donors (Lipinski definition) is 1. The molecule has 5 heteroatoms. The van der Waals surface area contributed by atoms with Crippen LogP contribution in [0.3, 0.4) is 0 Å². The van der Waals surface area contributed by atoms with Crippen LogP contribution in [0.2, 0.25) is 0 Å². The normalized spacial score (nSPS) is 15.0. The number of rotatable bonds is 6. The standard InChI is InChI=1S/C21H26FN3O/c22-20-10-8-19(9-11-20)17-23-21(26)25-15-13-24(14-16-25)12-4-7-18-5-2-1-3-6-18/h1-3,5-6,8-11H,4,7,12-17H2,(H,23,26). The molecule has 26 heavy (non-hydrogen) atoms. The first-order valence-electron chi connectivity index (χ1n) is 9.24. The third kappa shape index (κ3) is 5.56.